The summed E-state index contributed by atoms with van der Waals surface area (Å²) in [4.78, 5) is 0.210. The standard InChI is InChI=1S/C21H28N2O5S2/c1-16-5-8-18(15-20(16)30(26,27)23-11-13-28-14-12-23)22-29(24,25)19-9-6-17(7-10-19)21(2,3)4/h5-10,15,22H,11-14H2,1-4H3. The average molecular weight is 453 g/mol. The summed E-state index contributed by atoms with van der Waals surface area (Å²) in [6, 6.07) is 11.2. The normalized spacial score (nSPS) is 16.4. The van der Waals surface area contributed by atoms with E-state index in [1.165, 1.54) is 10.4 Å². The van der Waals surface area contributed by atoms with Crippen molar-refractivity contribution in [3.63, 3.8) is 0 Å². The lowest BCUT2D eigenvalue weighted by atomic mass is 9.87. The maximum Gasteiger partial charge on any atom is 0.261 e. The van der Waals surface area contributed by atoms with E-state index in [0.717, 1.165) is 5.56 Å². The van der Waals surface area contributed by atoms with Gasteiger partial charge in [-0.3, -0.25) is 4.72 Å². The molecule has 2 aromatic rings. The molecule has 0 aromatic heterocycles. The van der Waals surface area contributed by atoms with E-state index in [2.05, 4.69) is 25.5 Å². The molecule has 3 rings (SSSR count). The van der Waals surface area contributed by atoms with Crippen molar-refractivity contribution in [2.75, 3.05) is 31.0 Å². The van der Waals surface area contributed by atoms with Gasteiger partial charge in [0.2, 0.25) is 10.0 Å². The number of sulfonamides is 2. The second kappa shape index (κ2) is 8.30. The van der Waals surface area contributed by atoms with Crippen LogP contribution in [-0.2, 0) is 30.2 Å². The number of anilines is 1. The maximum absolute atomic E-state index is 13.0. The number of aryl methyl sites for hydroxylation is 1. The Balaban J connectivity index is 1.89. The van der Waals surface area contributed by atoms with Gasteiger partial charge < -0.3 is 4.74 Å². The fourth-order valence-electron chi connectivity index (χ4n) is 3.22. The van der Waals surface area contributed by atoms with Gasteiger partial charge in [0.05, 0.1) is 28.7 Å². The molecule has 30 heavy (non-hydrogen) atoms. The van der Waals surface area contributed by atoms with Crippen LogP contribution in [-0.4, -0.2) is 47.4 Å². The molecule has 1 saturated heterocycles. The van der Waals surface area contributed by atoms with Crippen LogP contribution in [0.3, 0.4) is 0 Å². The third-order valence-electron chi connectivity index (χ3n) is 5.06. The second-order valence-electron chi connectivity index (χ2n) is 8.38. The van der Waals surface area contributed by atoms with E-state index in [-0.39, 0.29) is 34.0 Å². The lowest BCUT2D eigenvalue weighted by molar-refractivity contribution is 0.0730. The molecule has 0 radical (unpaired) electrons. The Morgan fingerprint density at radius 1 is 0.933 bits per heavy atom. The molecule has 164 valence electrons. The Bertz CT molecular complexity index is 1110. The van der Waals surface area contributed by atoms with Crippen molar-refractivity contribution in [3.05, 3.63) is 53.6 Å². The topological polar surface area (TPSA) is 92.8 Å². The molecular weight excluding hydrogens is 424 g/mol. The van der Waals surface area contributed by atoms with Crippen LogP contribution in [0.5, 0.6) is 0 Å². The third-order valence-corrected chi connectivity index (χ3v) is 8.50. The number of benzene rings is 2. The van der Waals surface area contributed by atoms with Crippen molar-refractivity contribution in [1.29, 1.82) is 0 Å². The van der Waals surface area contributed by atoms with E-state index in [1.54, 1.807) is 43.3 Å². The summed E-state index contributed by atoms with van der Waals surface area (Å²) in [5.74, 6) is 0. The van der Waals surface area contributed by atoms with E-state index in [4.69, 9.17) is 4.74 Å². The van der Waals surface area contributed by atoms with Crippen LogP contribution >= 0.6 is 0 Å². The quantitative estimate of drug-likeness (QED) is 0.752. The first-order chi connectivity index (χ1) is 13.9. The van der Waals surface area contributed by atoms with Gasteiger partial charge >= 0.3 is 0 Å². The first-order valence-corrected chi connectivity index (χ1v) is 12.7. The van der Waals surface area contributed by atoms with E-state index >= 15 is 0 Å². The number of nitrogens with zero attached hydrogens (tertiary/aromatic N) is 1. The van der Waals surface area contributed by atoms with Crippen LogP contribution in [0.25, 0.3) is 0 Å². The zero-order valence-electron chi connectivity index (χ0n) is 17.7. The zero-order valence-corrected chi connectivity index (χ0v) is 19.3. The minimum Gasteiger partial charge on any atom is -0.379 e. The van der Waals surface area contributed by atoms with Crippen LogP contribution in [0.1, 0.15) is 31.9 Å². The van der Waals surface area contributed by atoms with Crippen LogP contribution in [0, 0.1) is 6.92 Å². The Morgan fingerprint density at radius 3 is 2.10 bits per heavy atom. The summed E-state index contributed by atoms with van der Waals surface area (Å²) in [7, 11) is -7.59. The number of nitrogens with one attached hydrogen (secondary N) is 1. The van der Waals surface area contributed by atoms with E-state index in [1.807, 2.05) is 0 Å². The molecule has 2 aromatic carbocycles. The minimum absolute atomic E-state index is 0.0879. The summed E-state index contributed by atoms with van der Waals surface area (Å²) in [5, 5.41) is 0. The number of hydrogen-bond donors (Lipinski definition) is 1. The van der Waals surface area contributed by atoms with Gasteiger partial charge in [-0.25, -0.2) is 16.8 Å². The van der Waals surface area contributed by atoms with E-state index in [0.29, 0.717) is 18.8 Å². The highest BCUT2D eigenvalue weighted by Crippen LogP contribution is 2.27. The molecule has 1 heterocycles. The van der Waals surface area contributed by atoms with Gasteiger partial charge in [-0.1, -0.05) is 39.0 Å². The zero-order chi connectivity index (χ0) is 22.2. The predicted octanol–water partition coefficient (Wildman–Crippen LogP) is 3.11. The average Bonchev–Trinajstić information content (AvgIpc) is 2.69. The molecule has 7 nitrogen and oxygen atoms in total. The summed E-state index contributed by atoms with van der Waals surface area (Å²) >= 11 is 0. The minimum atomic E-state index is -3.85. The molecule has 1 aliphatic rings. The Hall–Kier alpha value is -1.94. The first kappa shape index (κ1) is 22.7. The van der Waals surface area contributed by atoms with Crippen molar-refractivity contribution >= 4 is 25.7 Å². The highest BCUT2D eigenvalue weighted by molar-refractivity contribution is 7.92. The van der Waals surface area contributed by atoms with Gasteiger partial charge in [-0.15, -0.1) is 0 Å². The van der Waals surface area contributed by atoms with Gasteiger partial charge in [-0.2, -0.15) is 4.31 Å². The van der Waals surface area contributed by atoms with Gasteiger partial charge in [0.25, 0.3) is 10.0 Å². The molecule has 0 bridgehead atoms. The largest absolute Gasteiger partial charge is 0.379 e. The smallest absolute Gasteiger partial charge is 0.261 e. The lowest BCUT2D eigenvalue weighted by Crippen LogP contribution is -2.40. The predicted molar refractivity (Wildman–Crippen MR) is 117 cm³/mol. The highest BCUT2D eigenvalue weighted by Gasteiger charge is 2.28. The molecular formula is C21H28N2O5S2. The molecule has 0 unspecified atom stereocenters. The van der Waals surface area contributed by atoms with Crippen molar-refractivity contribution in [2.24, 2.45) is 0 Å². The number of rotatable bonds is 5. The molecule has 0 amide bonds. The van der Waals surface area contributed by atoms with Crippen LogP contribution < -0.4 is 4.72 Å². The Kier molecular flexibility index (Phi) is 6.29. The molecule has 1 fully saturated rings. The van der Waals surface area contributed by atoms with Gasteiger partial charge in [0, 0.05) is 13.1 Å². The number of ether oxygens (including phenoxy) is 1. The summed E-state index contributed by atoms with van der Waals surface area (Å²) in [6.07, 6.45) is 0. The van der Waals surface area contributed by atoms with Crippen molar-refractivity contribution in [2.45, 2.75) is 42.9 Å². The molecule has 0 saturated carbocycles. The molecule has 0 atom stereocenters. The molecule has 1 N–H and O–H groups in total. The molecule has 9 heteroatoms. The fourth-order valence-corrected chi connectivity index (χ4v) is 5.92. The van der Waals surface area contributed by atoms with Gasteiger partial charge in [0.1, 0.15) is 0 Å². The monoisotopic (exact) mass is 452 g/mol. The molecule has 1 aliphatic heterocycles. The molecule has 0 spiro atoms. The van der Waals surface area contributed by atoms with Gasteiger partial charge in [0.15, 0.2) is 0 Å². The van der Waals surface area contributed by atoms with Crippen molar-refractivity contribution in [3.8, 4) is 0 Å². The van der Waals surface area contributed by atoms with E-state index < -0.39 is 20.0 Å². The van der Waals surface area contributed by atoms with Gasteiger partial charge in [-0.05, 0) is 47.7 Å². The lowest BCUT2D eigenvalue weighted by Gasteiger charge is -2.27. The van der Waals surface area contributed by atoms with Crippen LogP contribution in [0.15, 0.2) is 52.3 Å². The Labute approximate surface area is 179 Å². The Morgan fingerprint density at radius 2 is 1.53 bits per heavy atom. The first-order valence-electron chi connectivity index (χ1n) is 9.73. The summed E-state index contributed by atoms with van der Waals surface area (Å²) in [5.41, 5.74) is 1.69. The van der Waals surface area contributed by atoms with Crippen molar-refractivity contribution < 1.29 is 21.6 Å². The SMILES string of the molecule is Cc1ccc(NS(=O)(=O)c2ccc(C(C)(C)C)cc2)cc1S(=O)(=O)N1CCOCC1. The third kappa shape index (κ3) is 4.85. The second-order valence-corrected chi connectivity index (χ2v) is 12.0. The molecule has 0 aliphatic carbocycles. The summed E-state index contributed by atoms with van der Waals surface area (Å²) < 4.78 is 60.8. The number of hydrogen-bond acceptors (Lipinski definition) is 5. The van der Waals surface area contributed by atoms with Crippen LogP contribution in [0.4, 0.5) is 5.69 Å². The summed E-state index contributed by atoms with van der Waals surface area (Å²) in [6.45, 7) is 9.09. The van der Waals surface area contributed by atoms with Crippen molar-refractivity contribution in [1.82, 2.24) is 4.31 Å². The maximum atomic E-state index is 13.0. The highest BCUT2D eigenvalue weighted by atomic mass is 32.2. The number of morpholine rings is 1. The van der Waals surface area contributed by atoms with E-state index in [9.17, 15) is 16.8 Å². The fraction of sp³-hybridized carbons (Fsp3) is 0.429. The van der Waals surface area contributed by atoms with Crippen LogP contribution in [0.2, 0.25) is 0 Å².